The Labute approximate surface area is 103 Å². The Morgan fingerprint density at radius 1 is 1.44 bits per heavy atom. The lowest BCUT2D eigenvalue weighted by Crippen LogP contribution is -2.11. The van der Waals surface area contributed by atoms with Crippen molar-refractivity contribution in [2.24, 2.45) is 0 Å². The van der Waals surface area contributed by atoms with Crippen LogP contribution in [0.3, 0.4) is 0 Å². The van der Waals surface area contributed by atoms with Crippen molar-refractivity contribution in [2.45, 2.75) is 39.1 Å². The van der Waals surface area contributed by atoms with E-state index in [1.807, 2.05) is 6.92 Å². The molecule has 1 rings (SSSR count). The number of alkyl halides is 3. The number of hydrogen-bond donors (Lipinski definition) is 1. The lowest BCUT2D eigenvalue weighted by molar-refractivity contribution is -0.138. The van der Waals surface area contributed by atoms with Crippen molar-refractivity contribution in [1.29, 1.82) is 0 Å². The molecule has 0 saturated heterocycles. The number of ether oxygens (including phenoxy) is 1. The summed E-state index contributed by atoms with van der Waals surface area (Å²) in [6.07, 6.45) is -4.98. The minimum Gasteiger partial charge on any atom is -0.373 e. The van der Waals surface area contributed by atoms with Gasteiger partial charge in [-0.25, -0.2) is 0 Å². The molecular formula is C11H17F3N2O2. The standard InChI is InChI=1S/C11H17F3N2O2/c1-2-15-7-9-6-10(18-16-9)8-17-5-3-4-11(12,13)14/h6,15H,2-5,7-8H2,1H3. The van der Waals surface area contributed by atoms with Gasteiger partial charge in [0.25, 0.3) is 0 Å². The zero-order chi connectivity index (χ0) is 13.4. The highest BCUT2D eigenvalue weighted by Gasteiger charge is 2.25. The highest BCUT2D eigenvalue weighted by molar-refractivity contribution is 5.04. The largest absolute Gasteiger partial charge is 0.389 e. The van der Waals surface area contributed by atoms with Gasteiger partial charge in [0.05, 0.1) is 5.69 Å². The first-order valence-electron chi connectivity index (χ1n) is 5.81. The Kier molecular flexibility index (Phi) is 6.14. The molecule has 4 nitrogen and oxygen atoms in total. The number of rotatable bonds is 8. The smallest absolute Gasteiger partial charge is 0.373 e. The Bertz CT molecular complexity index is 339. The fraction of sp³-hybridized carbons (Fsp3) is 0.727. The summed E-state index contributed by atoms with van der Waals surface area (Å²) in [6.45, 7) is 3.62. The number of nitrogens with zero attached hydrogens (tertiary/aromatic N) is 1. The lowest BCUT2D eigenvalue weighted by Gasteiger charge is -2.05. The molecule has 0 radical (unpaired) electrons. The SMILES string of the molecule is CCNCc1cc(COCCCC(F)(F)F)on1. The van der Waals surface area contributed by atoms with Crippen LogP contribution in [0.4, 0.5) is 13.2 Å². The van der Waals surface area contributed by atoms with E-state index < -0.39 is 12.6 Å². The van der Waals surface area contributed by atoms with Gasteiger partial charge < -0.3 is 14.6 Å². The van der Waals surface area contributed by atoms with Crippen molar-refractivity contribution in [3.8, 4) is 0 Å². The second-order valence-electron chi connectivity index (χ2n) is 3.84. The molecule has 1 N–H and O–H groups in total. The van der Waals surface area contributed by atoms with Gasteiger partial charge in [-0.2, -0.15) is 13.2 Å². The highest BCUT2D eigenvalue weighted by Crippen LogP contribution is 2.21. The van der Waals surface area contributed by atoms with Crippen molar-refractivity contribution in [3.63, 3.8) is 0 Å². The second kappa shape index (κ2) is 7.38. The Morgan fingerprint density at radius 3 is 2.89 bits per heavy atom. The van der Waals surface area contributed by atoms with Crippen molar-refractivity contribution in [3.05, 3.63) is 17.5 Å². The summed E-state index contributed by atoms with van der Waals surface area (Å²) in [6, 6.07) is 1.73. The topological polar surface area (TPSA) is 47.3 Å². The third-order valence-corrected chi connectivity index (χ3v) is 2.16. The lowest BCUT2D eigenvalue weighted by atomic mass is 10.3. The van der Waals surface area contributed by atoms with Crippen LogP contribution in [0.2, 0.25) is 0 Å². The molecule has 0 aliphatic rings. The predicted molar refractivity (Wildman–Crippen MR) is 58.8 cm³/mol. The Balaban J connectivity index is 2.13. The van der Waals surface area contributed by atoms with Crippen molar-refractivity contribution in [1.82, 2.24) is 10.5 Å². The van der Waals surface area contributed by atoms with Gasteiger partial charge >= 0.3 is 6.18 Å². The van der Waals surface area contributed by atoms with E-state index in [1.54, 1.807) is 6.07 Å². The van der Waals surface area contributed by atoms with Crippen LogP contribution in [0.1, 0.15) is 31.2 Å². The van der Waals surface area contributed by atoms with Crippen LogP contribution in [-0.4, -0.2) is 24.5 Å². The van der Waals surface area contributed by atoms with Crippen LogP contribution in [0, 0.1) is 0 Å². The number of halogens is 3. The van der Waals surface area contributed by atoms with Crippen LogP contribution in [0.15, 0.2) is 10.6 Å². The van der Waals surface area contributed by atoms with E-state index in [9.17, 15) is 13.2 Å². The summed E-state index contributed by atoms with van der Waals surface area (Å²) in [4.78, 5) is 0. The van der Waals surface area contributed by atoms with Crippen molar-refractivity contribution < 1.29 is 22.4 Å². The van der Waals surface area contributed by atoms with Gasteiger partial charge in [-0.1, -0.05) is 12.1 Å². The first-order valence-corrected chi connectivity index (χ1v) is 5.81. The van der Waals surface area contributed by atoms with Crippen LogP contribution >= 0.6 is 0 Å². The molecule has 0 bridgehead atoms. The third-order valence-electron chi connectivity index (χ3n) is 2.16. The number of aromatic nitrogens is 1. The molecular weight excluding hydrogens is 249 g/mol. The van der Waals surface area contributed by atoms with E-state index in [1.165, 1.54) is 0 Å². The summed E-state index contributed by atoms with van der Waals surface area (Å²) in [7, 11) is 0. The molecule has 1 heterocycles. The number of hydrogen-bond acceptors (Lipinski definition) is 4. The Hall–Kier alpha value is -1.08. The molecule has 0 spiro atoms. The van der Waals surface area contributed by atoms with E-state index in [0.717, 1.165) is 12.2 Å². The molecule has 0 aromatic carbocycles. The first-order chi connectivity index (χ1) is 8.51. The number of nitrogens with one attached hydrogen (secondary N) is 1. The monoisotopic (exact) mass is 266 g/mol. The maximum absolute atomic E-state index is 11.8. The van der Waals surface area contributed by atoms with Crippen LogP contribution in [0.25, 0.3) is 0 Å². The van der Waals surface area contributed by atoms with E-state index in [4.69, 9.17) is 9.26 Å². The molecule has 1 aromatic rings. The molecule has 0 atom stereocenters. The summed E-state index contributed by atoms with van der Waals surface area (Å²) >= 11 is 0. The molecule has 104 valence electrons. The van der Waals surface area contributed by atoms with Gasteiger partial charge in [0, 0.05) is 25.6 Å². The van der Waals surface area contributed by atoms with E-state index >= 15 is 0 Å². The first kappa shape index (κ1) is 15.0. The summed E-state index contributed by atoms with van der Waals surface area (Å²) in [5.41, 5.74) is 0.755. The van der Waals surface area contributed by atoms with E-state index in [-0.39, 0.29) is 19.6 Å². The van der Waals surface area contributed by atoms with Crippen LogP contribution < -0.4 is 5.32 Å². The fourth-order valence-electron chi connectivity index (χ4n) is 1.31. The van der Waals surface area contributed by atoms with Gasteiger partial charge in [-0.15, -0.1) is 0 Å². The molecule has 1 aromatic heterocycles. The normalized spacial score (nSPS) is 12.0. The van der Waals surface area contributed by atoms with Crippen molar-refractivity contribution in [2.75, 3.05) is 13.2 Å². The highest BCUT2D eigenvalue weighted by atomic mass is 19.4. The second-order valence-corrected chi connectivity index (χ2v) is 3.84. The van der Waals surface area contributed by atoms with E-state index in [2.05, 4.69) is 10.5 Å². The molecule has 18 heavy (non-hydrogen) atoms. The van der Waals surface area contributed by atoms with Gasteiger partial charge in [-0.05, 0) is 13.0 Å². The average molecular weight is 266 g/mol. The zero-order valence-corrected chi connectivity index (χ0v) is 10.2. The maximum Gasteiger partial charge on any atom is 0.389 e. The van der Waals surface area contributed by atoms with Crippen molar-refractivity contribution >= 4 is 0 Å². The molecule has 0 aliphatic heterocycles. The molecule has 0 fully saturated rings. The average Bonchev–Trinajstić information content (AvgIpc) is 2.72. The molecule has 0 unspecified atom stereocenters. The zero-order valence-electron chi connectivity index (χ0n) is 10.2. The van der Waals surface area contributed by atoms with Crippen LogP contribution in [0.5, 0.6) is 0 Å². The minimum atomic E-state index is -4.12. The quantitative estimate of drug-likeness (QED) is 0.735. The molecule has 0 aliphatic carbocycles. The molecule has 0 amide bonds. The van der Waals surface area contributed by atoms with Gasteiger partial charge in [0.2, 0.25) is 0 Å². The maximum atomic E-state index is 11.8. The van der Waals surface area contributed by atoms with Gasteiger partial charge in [-0.3, -0.25) is 0 Å². The molecule has 0 saturated carbocycles. The third kappa shape index (κ3) is 6.61. The van der Waals surface area contributed by atoms with Gasteiger partial charge in [0.1, 0.15) is 6.61 Å². The predicted octanol–water partition coefficient (Wildman–Crippen LogP) is 2.64. The van der Waals surface area contributed by atoms with Gasteiger partial charge in [0.15, 0.2) is 5.76 Å². The fourth-order valence-corrected chi connectivity index (χ4v) is 1.31. The summed E-state index contributed by atoms with van der Waals surface area (Å²) in [5.74, 6) is 0.523. The minimum absolute atomic E-state index is 0.0398. The van der Waals surface area contributed by atoms with E-state index in [0.29, 0.717) is 12.3 Å². The molecule has 7 heteroatoms. The van der Waals surface area contributed by atoms with Crippen LogP contribution in [-0.2, 0) is 17.9 Å². The Morgan fingerprint density at radius 2 is 2.22 bits per heavy atom. The summed E-state index contributed by atoms with van der Waals surface area (Å²) < 4.78 is 45.6. The summed E-state index contributed by atoms with van der Waals surface area (Å²) in [5, 5.41) is 6.88.